The number of benzene rings is 2. The third-order valence-electron chi connectivity index (χ3n) is 8.53. The Morgan fingerprint density at radius 3 is 2.33 bits per heavy atom. The molecule has 39 heavy (non-hydrogen) atoms. The maximum absolute atomic E-state index is 14.6. The van der Waals surface area contributed by atoms with Gasteiger partial charge in [-0.1, -0.05) is 66.2 Å². The van der Waals surface area contributed by atoms with Gasteiger partial charge in [-0.15, -0.1) is 0 Å². The number of aliphatic hydroxyl groups is 1. The molecule has 8 nitrogen and oxygen atoms in total. The molecule has 1 spiro atoms. The van der Waals surface area contributed by atoms with Crippen LogP contribution in [-0.2, 0) is 19.1 Å². The number of ether oxygens (including phenoxy) is 1. The van der Waals surface area contributed by atoms with Crippen LogP contribution in [0.25, 0.3) is 0 Å². The molecule has 1 unspecified atom stereocenters. The topological polar surface area (TPSA) is 90.4 Å². The lowest BCUT2D eigenvalue weighted by molar-refractivity contribution is -0.151. The van der Waals surface area contributed by atoms with Crippen LogP contribution in [0, 0.1) is 11.8 Å². The molecule has 4 aliphatic heterocycles. The van der Waals surface area contributed by atoms with Crippen LogP contribution in [0.1, 0.15) is 18.5 Å². The Balaban J connectivity index is 1.54. The van der Waals surface area contributed by atoms with Crippen molar-refractivity contribution in [3.63, 3.8) is 0 Å². The number of likely N-dealkylation sites (tertiary alicyclic amines) is 1. The van der Waals surface area contributed by atoms with E-state index in [4.69, 9.17) is 16.3 Å². The van der Waals surface area contributed by atoms with Crippen molar-refractivity contribution < 1.29 is 24.2 Å². The fraction of sp³-hybridized carbons (Fsp3) is 0.367. The molecule has 0 bridgehead atoms. The Labute approximate surface area is 232 Å². The summed E-state index contributed by atoms with van der Waals surface area (Å²) >= 11 is 6.11. The van der Waals surface area contributed by atoms with Crippen LogP contribution >= 0.6 is 11.6 Å². The van der Waals surface area contributed by atoms with E-state index in [1.165, 1.54) is 4.90 Å². The number of hydrogen-bond acceptors (Lipinski definition) is 5. The van der Waals surface area contributed by atoms with Gasteiger partial charge in [0.15, 0.2) is 0 Å². The highest BCUT2D eigenvalue weighted by Gasteiger charge is 2.75. The Morgan fingerprint density at radius 2 is 1.64 bits per heavy atom. The molecule has 2 aromatic rings. The van der Waals surface area contributed by atoms with Crippen LogP contribution in [0.15, 0.2) is 78.9 Å². The molecule has 2 fully saturated rings. The zero-order valence-electron chi connectivity index (χ0n) is 21.7. The van der Waals surface area contributed by atoms with Crippen LogP contribution in [0.2, 0.25) is 5.02 Å². The Bertz CT molecular complexity index is 1380. The summed E-state index contributed by atoms with van der Waals surface area (Å²) in [6.45, 7) is 2.06. The van der Waals surface area contributed by atoms with Crippen molar-refractivity contribution in [1.82, 2.24) is 9.80 Å². The Kier molecular flexibility index (Phi) is 6.17. The minimum absolute atomic E-state index is 0.210. The lowest BCUT2D eigenvalue weighted by Crippen LogP contribution is -2.57. The van der Waals surface area contributed by atoms with Crippen LogP contribution in [-0.4, -0.2) is 76.6 Å². The number of nitrogens with zero attached hydrogens (tertiary/aromatic N) is 3. The van der Waals surface area contributed by atoms with Gasteiger partial charge in [0.1, 0.15) is 11.6 Å². The van der Waals surface area contributed by atoms with Crippen molar-refractivity contribution in [2.75, 3.05) is 31.6 Å². The average Bonchev–Trinajstić information content (AvgIpc) is 3.20. The van der Waals surface area contributed by atoms with Crippen LogP contribution in [0.5, 0.6) is 0 Å². The molecule has 6 atom stereocenters. The van der Waals surface area contributed by atoms with Crippen molar-refractivity contribution in [2.45, 2.75) is 30.2 Å². The predicted molar refractivity (Wildman–Crippen MR) is 146 cm³/mol. The van der Waals surface area contributed by atoms with Crippen molar-refractivity contribution in [2.24, 2.45) is 11.8 Å². The van der Waals surface area contributed by atoms with Gasteiger partial charge < -0.3 is 24.5 Å². The lowest BCUT2D eigenvalue weighted by atomic mass is 9.74. The highest BCUT2D eigenvalue weighted by Crippen LogP contribution is 2.58. The van der Waals surface area contributed by atoms with Crippen molar-refractivity contribution >= 4 is 35.0 Å². The van der Waals surface area contributed by atoms with Gasteiger partial charge in [-0.05, 0) is 36.8 Å². The number of halogens is 1. The van der Waals surface area contributed by atoms with E-state index in [1.54, 1.807) is 47.2 Å². The summed E-state index contributed by atoms with van der Waals surface area (Å²) in [5.74, 6) is -2.73. The van der Waals surface area contributed by atoms with Gasteiger partial charge in [0.2, 0.25) is 11.8 Å². The van der Waals surface area contributed by atoms with E-state index in [1.807, 2.05) is 55.5 Å². The van der Waals surface area contributed by atoms with Gasteiger partial charge in [0, 0.05) is 30.8 Å². The summed E-state index contributed by atoms with van der Waals surface area (Å²) < 4.78 is 6.82. The number of fused-ring (bicyclic) bond motifs is 2. The van der Waals surface area contributed by atoms with Crippen LogP contribution in [0.4, 0.5) is 5.69 Å². The van der Waals surface area contributed by atoms with Gasteiger partial charge in [0.05, 0.1) is 30.1 Å². The summed E-state index contributed by atoms with van der Waals surface area (Å²) in [6.07, 6.45) is 7.35. The number of likely N-dealkylation sites (N-methyl/N-ethyl adjacent to an activating group) is 1. The van der Waals surface area contributed by atoms with Gasteiger partial charge in [-0.3, -0.25) is 14.4 Å². The molecule has 9 heteroatoms. The molecular formula is C30H30ClN3O5. The minimum Gasteiger partial charge on any atom is -0.394 e. The highest BCUT2D eigenvalue weighted by atomic mass is 35.5. The summed E-state index contributed by atoms with van der Waals surface area (Å²) in [4.78, 5) is 47.5. The lowest BCUT2D eigenvalue weighted by Gasteiger charge is -2.40. The van der Waals surface area contributed by atoms with Crippen molar-refractivity contribution in [1.29, 1.82) is 0 Å². The van der Waals surface area contributed by atoms with E-state index < -0.39 is 41.7 Å². The quantitative estimate of drug-likeness (QED) is 0.594. The monoisotopic (exact) mass is 547 g/mol. The first kappa shape index (κ1) is 25.8. The summed E-state index contributed by atoms with van der Waals surface area (Å²) in [7, 11) is 1.70. The van der Waals surface area contributed by atoms with E-state index >= 15 is 0 Å². The van der Waals surface area contributed by atoms with Crippen LogP contribution < -0.4 is 4.90 Å². The van der Waals surface area contributed by atoms with E-state index in [9.17, 15) is 19.5 Å². The van der Waals surface area contributed by atoms with E-state index in [0.717, 1.165) is 0 Å². The molecule has 202 valence electrons. The first-order valence-electron chi connectivity index (χ1n) is 13.1. The van der Waals surface area contributed by atoms with E-state index in [0.29, 0.717) is 22.8 Å². The molecule has 2 saturated heterocycles. The molecule has 0 saturated carbocycles. The van der Waals surface area contributed by atoms with Crippen LogP contribution in [0.3, 0.4) is 0 Å². The normalized spacial score (nSPS) is 32.6. The predicted octanol–water partition coefficient (Wildman–Crippen LogP) is 2.98. The number of carbonyl (C=O) groups is 3. The number of rotatable bonds is 4. The molecular weight excluding hydrogens is 518 g/mol. The number of aliphatic hydroxyl groups excluding tert-OH is 1. The van der Waals surface area contributed by atoms with Crippen molar-refractivity contribution in [3.8, 4) is 0 Å². The number of anilines is 1. The van der Waals surface area contributed by atoms with Gasteiger partial charge in [-0.2, -0.15) is 0 Å². The summed E-state index contributed by atoms with van der Waals surface area (Å²) in [6, 6.07) is 14.2. The molecule has 4 heterocycles. The molecule has 1 N–H and O–H groups in total. The molecule has 4 aliphatic rings. The fourth-order valence-corrected chi connectivity index (χ4v) is 6.93. The first-order chi connectivity index (χ1) is 18.7. The van der Waals surface area contributed by atoms with Crippen molar-refractivity contribution in [3.05, 3.63) is 89.5 Å². The highest BCUT2D eigenvalue weighted by molar-refractivity contribution is 6.30. The maximum atomic E-state index is 14.6. The second kappa shape index (κ2) is 9.33. The smallest absolute Gasteiger partial charge is 0.253 e. The molecule has 6 rings (SSSR count). The third kappa shape index (κ3) is 3.77. The minimum atomic E-state index is -1.41. The Hall–Kier alpha value is -3.46. The zero-order chi connectivity index (χ0) is 27.5. The van der Waals surface area contributed by atoms with E-state index in [2.05, 4.69) is 0 Å². The average molecular weight is 548 g/mol. The standard InChI is InChI=1S/C30H30ClN3O5/c1-29-14-6-16-32(2)26(36)23(29)24-27(37)34(22(18-35)19-8-4-3-5-9-19)25-28(38)33(17-7-15-30(24,25)39-29)21-12-10-20(31)11-13-21/h3-15,22-25,35H,16-18H2,1-2H3/t22-,23-,24+,25?,29+,30+/m1/s1. The molecule has 3 amide bonds. The van der Waals surface area contributed by atoms with Gasteiger partial charge >= 0.3 is 0 Å². The SMILES string of the molecule is CN1CC=C[C@]2(C)O[C@]34C=CCN(c5ccc(Cl)cc5)C(=O)C3N([C@H](CO)c3ccccc3)C(=O)[C@@H]4[C@@H]2C1=O. The Morgan fingerprint density at radius 1 is 0.949 bits per heavy atom. The number of hydrogen-bond donors (Lipinski definition) is 1. The summed E-state index contributed by atoms with van der Waals surface area (Å²) in [5, 5.41) is 11.2. The fourth-order valence-electron chi connectivity index (χ4n) is 6.80. The molecule has 0 aromatic heterocycles. The third-order valence-corrected chi connectivity index (χ3v) is 8.78. The zero-order valence-corrected chi connectivity index (χ0v) is 22.5. The second-order valence-electron chi connectivity index (χ2n) is 10.8. The number of amides is 3. The van der Waals surface area contributed by atoms with Gasteiger partial charge in [-0.25, -0.2) is 0 Å². The van der Waals surface area contributed by atoms with Gasteiger partial charge in [0.25, 0.3) is 5.91 Å². The second-order valence-corrected chi connectivity index (χ2v) is 11.2. The molecule has 0 radical (unpaired) electrons. The maximum Gasteiger partial charge on any atom is 0.253 e. The molecule has 0 aliphatic carbocycles. The number of carbonyl (C=O) groups excluding carboxylic acids is 3. The first-order valence-corrected chi connectivity index (χ1v) is 13.4. The summed E-state index contributed by atoms with van der Waals surface area (Å²) in [5.41, 5.74) is -1.19. The van der Waals surface area contributed by atoms with E-state index in [-0.39, 0.29) is 24.3 Å². The largest absolute Gasteiger partial charge is 0.394 e. The molecule has 2 aromatic carbocycles.